The molecule has 0 saturated carbocycles. The molecule has 1 fully saturated rings. The highest BCUT2D eigenvalue weighted by Gasteiger charge is 2.19. The molecule has 3 rings (SSSR count). The third kappa shape index (κ3) is 3.28. The molecule has 1 aliphatic rings. The van der Waals surface area contributed by atoms with Gasteiger partial charge in [0, 0.05) is 38.1 Å². The Bertz CT molecular complexity index is 624. The van der Waals surface area contributed by atoms with Crippen molar-refractivity contribution in [2.45, 2.75) is 13.0 Å². The molecular weight excluding hydrogens is 286 g/mol. The minimum atomic E-state index is -0.273. The number of rotatable bonds is 3. The van der Waals surface area contributed by atoms with Gasteiger partial charge in [0.2, 0.25) is 0 Å². The van der Waals surface area contributed by atoms with Crippen molar-refractivity contribution in [1.82, 2.24) is 9.88 Å². The van der Waals surface area contributed by atoms with Crippen LogP contribution in [0, 0.1) is 0 Å². The first-order chi connectivity index (χ1) is 10.1. The first-order valence-electron chi connectivity index (χ1n) is 7.34. The Morgan fingerprint density at radius 1 is 1.24 bits per heavy atom. The Kier molecular flexibility index (Phi) is 4.29. The number of fused-ring (bicyclic) bond motifs is 1. The summed E-state index contributed by atoms with van der Waals surface area (Å²) < 4.78 is 0. The monoisotopic (exact) mass is 305 g/mol. The van der Waals surface area contributed by atoms with Gasteiger partial charge in [-0.3, -0.25) is 4.90 Å². The van der Waals surface area contributed by atoms with E-state index in [-0.39, 0.29) is 6.10 Å². The highest BCUT2D eigenvalue weighted by atomic mass is 35.5. The minimum Gasteiger partial charge on any atom is -0.392 e. The van der Waals surface area contributed by atoms with Gasteiger partial charge in [0.15, 0.2) is 0 Å². The summed E-state index contributed by atoms with van der Waals surface area (Å²) in [5.41, 5.74) is 0. The molecule has 112 valence electrons. The van der Waals surface area contributed by atoms with Crippen molar-refractivity contribution in [2.24, 2.45) is 0 Å². The summed E-state index contributed by atoms with van der Waals surface area (Å²) in [7, 11) is 0. The van der Waals surface area contributed by atoms with Crippen molar-refractivity contribution < 1.29 is 5.11 Å². The molecule has 21 heavy (non-hydrogen) atoms. The SMILES string of the molecule is C[C@@H](O)CN1CCN(c2cc3ccccc3c(Cl)n2)CC1. The summed E-state index contributed by atoms with van der Waals surface area (Å²) in [4.78, 5) is 9.08. The zero-order valence-electron chi connectivity index (χ0n) is 12.2. The summed E-state index contributed by atoms with van der Waals surface area (Å²) >= 11 is 6.30. The van der Waals surface area contributed by atoms with E-state index >= 15 is 0 Å². The second-order valence-electron chi connectivity index (χ2n) is 5.63. The average molecular weight is 306 g/mol. The first-order valence-corrected chi connectivity index (χ1v) is 7.72. The molecule has 0 amide bonds. The Labute approximate surface area is 129 Å². The number of aromatic nitrogens is 1. The number of hydrogen-bond acceptors (Lipinski definition) is 4. The lowest BCUT2D eigenvalue weighted by atomic mass is 10.1. The average Bonchev–Trinajstić information content (AvgIpc) is 2.47. The quantitative estimate of drug-likeness (QED) is 0.884. The zero-order chi connectivity index (χ0) is 14.8. The van der Waals surface area contributed by atoms with Gasteiger partial charge in [0.1, 0.15) is 11.0 Å². The number of β-amino-alcohol motifs (C(OH)–C–C–N with tert-alkyl or cyclic N) is 1. The van der Waals surface area contributed by atoms with E-state index in [0.717, 1.165) is 49.3 Å². The molecule has 1 atom stereocenters. The van der Waals surface area contributed by atoms with Gasteiger partial charge in [-0.05, 0) is 18.4 Å². The highest BCUT2D eigenvalue weighted by molar-refractivity contribution is 6.34. The number of aliphatic hydroxyl groups excluding tert-OH is 1. The van der Waals surface area contributed by atoms with E-state index in [1.807, 2.05) is 25.1 Å². The predicted octanol–water partition coefficient (Wildman–Crippen LogP) is 2.39. The van der Waals surface area contributed by atoms with Gasteiger partial charge in [-0.15, -0.1) is 0 Å². The van der Waals surface area contributed by atoms with E-state index in [1.165, 1.54) is 0 Å². The van der Waals surface area contributed by atoms with Crippen LogP contribution in [0.4, 0.5) is 5.82 Å². The van der Waals surface area contributed by atoms with Crippen LogP contribution in [-0.4, -0.2) is 53.8 Å². The molecule has 5 heteroatoms. The van der Waals surface area contributed by atoms with Gasteiger partial charge in [0.05, 0.1) is 6.10 Å². The summed E-state index contributed by atoms with van der Waals surface area (Å²) in [6.07, 6.45) is -0.273. The Balaban J connectivity index is 1.76. The fraction of sp³-hybridized carbons (Fsp3) is 0.438. The summed E-state index contributed by atoms with van der Waals surface area (Å²) in [6, 6.07) is 10.2. The maximum atomic E-state index is 9.46. The number of benzene rings is 1. The third-order valence-corrected chi connectivity index (χ3v) is 4.19. The van der Waals surface area contributed by atoms with Crippen molar-refractivity contribution in [2.75, 3.05) is 37.6 Å². The van der Waals surface area contributed by atoms with Gasteiger partial charge in [0.25, 0.3) is 0 Å². The summed E-state index contributed by atoms with van der Waals surface area (Å²) in [5.74, 6) is 0.940. The van der Waals surface area contributed by atoms with Crippen LogP contribution < -0.4 is 4.90 Å². The standard InChI is InChI=1S/C16H20ClN3O/c1-12(21)11-19-6-8-20(9-7-19)15-10-13-4-2-3-5-14(13)16(17)18-15/h2-5,10,12,21H,6-9,11H2,1H3/t12-/m1/s1. The lowest BCUT2D eigenvalue weighted by molar-refractivity contribution is 0.122. The van der Waals surface area contributed by atoms with E-state index in [4.69, 9.17) is 11.6 Å². The fourth-order valence-corrected chi connectivity index (χ4v) is 3.10. The molecule has 0 spiro atoms. The molecule has 0 radical (unpaired) electrons. The zero-order valence-corrected chi connectivity index (χ0v) is 12.9. The number of hydrogen-bond donors (Lipinski definition) is 1. The number of piperazine rings is 1. The maximum Gasteiger partial charge on any atom is 0.139 e. The Morgan fingerprint density at radius 3 is 2.67 bits per heavy atom. The fourth-order valence-electron chi connectivity index (χ4n) is 2.84. The maximum absolute atomic E-state index is 9.46. The molecule has 0 unspecified atom stereocenters. The highest BCUT2D eigenvalue weighted by Crippen LogP contribution is 2.26. The van der Waals surface area contributed by atoms with Crippen molar-refractivity contribution >= 4 is 28.2 Å². The molecule has 1 aromatic heterocycles. The lowest BCUT2D eigenvalue weighted by Crippen LogP contribution is -2.48. The van der Waals surface area contributed by atoms with E-state index in [2.05, 4.69) is 26.9 Å². The van der Waals surface area contributed by atoms with Gasteiger partial charge >= 0.3 is 0 Å². The molecule has 0 aliphatic carbocycles. The smallest absolute Gasteiger partial charge is 0.139 e. The Morgan fingerprint density at radius 2 is 1.95 bits per heavy atom. The van der Waals surface area contributed by atoms with E-state index < -0.39 is 0 Å². The number of aliphatic hydroxyl groups is 1. The van der Waals surface area contributed by atoms with E-state index in [9.17, 15) is 5.11 Å². The van der Waals surface area contributed by atoms with Crippen molar-refractivity contribution in [3.63, 3.8) is 0 Å². The van der Waals surface area contributed by atoms with Crippen molar-refractivity contribution in [1.29, 1.82) is 0 Å². The molecule has 1 saturated heterocycles. The lowest BCUT2D eigenvalue weighted by Gasteiger charge is -2.36. The van der Waals surface area contributed by atoms with Gasteiger partial charge in [-0.1, -0.05) is 35.9 Å². The minimum absolute atomic E-state index is 0.273. The molecule has 1 aliphatic heterocycles. The molecular formula is C16H20ClN3O. The van der Waals surface area contributed by atoms with E-state index in [0.29, 0.717) is 5.15 Å². The first kappa shape index (κ1) is 14.6. The number of nitrogens with zero attached hydrogens (tertiary/aromatic N) is 3. The van der Waals surface area contributed by atoms with Crippen LogP contribution in [0.2, 0.25) is 5.15 Å². The van der Waals surface area contributed by atoms with Crippen molar-refractivity contribution in [3.8, 4) is 0 Å². The topological polar surface area (TPSA) is 39.6 Å². The third-order valence-electron chi connectivity index (χ3n) is 3.90. The number of pyridine rings is 1. The van der Waals surface area contributed by atoms with Crippen LogP contribution in [0.5, 0.6) is 0 Å². The summed E-state index contributed by atoms with van der Waals surface area (Å²) in [5, 5.41) is 12.1. The van der Waals surface area contributed by atoms with Crippen LogP contribution in [0.1, 0.15) is 6.92 Å². The largest absolute Gasteiger partial charge is 0.392 e. The molecule has 1 aromatic carbocycles. The van der Waals surface area contributed by atoms with Gasteiger partial charge in [-0.25, -0.2) is 4.98 Å². The van der Waals surface area contributed by atoms with E-state index in [1.54, 1.807) is 0 Å². The molecule has 2 aromatic rings. The molecule has 4 nitrogen and oxygen atoms in total. The van der Waals surface area contributed by atoms with Crippen LogP contribution in [0.15, 0.2) is 30.3 Å². The van der Waals surface area contributed by atoms with Crippen LogP contribution >= 0.6 is 11.6 Å². The summed E-state index contributed by atoms with van der Waals surface area (Å²) in [6.45, 7) is 6.27. The molecule has 2 heterocycles. The second-order valence-corrected chi connectivity index (χ2v) is 5.99. The van der Waals surface area contributed by atoms with Crippen LogP contribution in [0.3, 0.4) is 0 Å². The van der Waals surface area contributed by atoms with Gasteiger partial charge in [-0.2, -0.15) is 0 Å². The second kappa shape index (κ2) is 6.18. The predicted molar refractivity (Wildman–Crippen MR) is 87.1 cm³/mol. The molecule has 0 bridgehead atoms. The number of halogens is 1. The number of anilines is 1. The van der Waals surface area contributed by atoms with Crippen LogP contribution in [0.25, 0.3) is 10.8 Å². The van der Waals surface area contributed by atoms with Crippen molar-refractivity contribution in [3.05, 3.63) is 35.5 Å². The van der Waals surface area contributed by atoms with Gasteiger partial charge < -0.3 is 10.0 Å². The Hall–Kier alpha value is -1.36. The van der Waals surface area contributed by atoms with Crippen LogP contribution in [-0.2, 0) is 0 Å². The normalized spacial score (nSPS) is 18.1. The molecule has 1 N–H and O–H groups in total.